The summed E-state index contributed by atoms with van der Waals surface area (Å²) in [5.41, 5.74) is 3.76. The van der Waals surface area contributed by atoms with Gasteiger partial charge in [0.15, 0.2) is 0 Å². The minimum Gasteiger partial charge on any atom is -0.468 e. The van der Waals surface area contributed by atoms with E-state index in [0.717, 1.165) is 0 Å². The molecule has 0 saturated carbocycles. The number of ether oxygens (including phenoxy) is 1. The summed E-state index contributed by atoms with van der Waals surface area (Å²) in [6.07, 6.45) is 0. The minimum absolute atomic E-state index is 0.152. The molecular weight excluding hydrogens is 202 g/mol. The number of nitrogens with one attached hydrogen (secondary N) is 1. The lowest BCUT2D eigenvalue weighted by molar-refractivity contribution is -0.139. The predicted octanol–water partition coefficient (Wildman–Crippen LogP) is 2.13. The van der Waals surface area contributed by atoms with Crippen molar-refractivity contribution in [3.05, 3.63) is 34.9 Å². The molecule has 0 aliphatic rings. The van der Waals surface area contributed by atoms with Crippen LogP contribution in [-0.4, -0.2) is 19.6 Å². The summed E-state index contributed by atoms with van der Waals surface area (Å²) in [5, 5.41) is 3.14. The first-order valence-electron chi connectivity index (χ1n) is 5.42. The van der Waals surface area contributed by atoms with Gasteiger partial charge in [-0.1, -0.05) is 18.2 Å². The molecule has 16 heavy (non-hydrogen) atoms. The number of aryl methyl sites for hydroxylation is 1. The molecule has 0 aromatic heterocycles. The fourth-order valence-electron chi connectivity index (χ4n) is 1.66. The number of carbonyl (C=O) groups is 1. The van der Waals surface area contributed by atoms with Gasteiger partial charge in [0.25, 0.3) is 0 Å². The maximum absolute atomic E-state index is 11.0. The topological polar surface area (TPSA) is 38.3 Å². The van der Waals surface area contributed by atoms with Crippen molar-refractivity contribution in [2.24, 2.45) is 0 Å². The van der Waals surface area contributed by atoms with Crippen molar-refractivity contribution < 1.29 is 9.53 Å². The first-order chi connectivity index (χ1) is 7.56. The van der Waals surface area contributed by atoms with E-state index >= 15 is 0 Å². The number of rotatable bonds is 4. The molecule has 0 amide bonds. The molecule has 1 atom stereocenters. The van der Waals surface area contributed by atoms with Crippen molar-refractivity contribution in [2.45, 2.75) is 26.8 Å². The smallest absolute Gasteiger partial charge is 0.319 e. The van der Waals surface area contributed by atoms with Crippen molar-refractivity contribution in [1.82, 2.24) is 5.32 Å². The van der Waals surface area contributed by atoms with Crippen LogP contribution in [0.15, 0.2) is 18.2 Å². The zero-order valence-electron chi connectivity index (χ0n) is 10.3. The van der Waals surface area contributed by atoms with Crippen LogP contribution in [0.25, 0.3) is 0 Å². The minimum atomic E-state index is -0.239. The van der Waals surface area contributed by atoms with E-state index in [1.807, 2.05) is 13.0 Å². The van der Waals surface area contributed by atoms with Gasteiger partial charge in [0.2, 0.25) is 0 Å². The Balaban J connectivity index is 2.69. The summed E-state index contributed by atoms with van der Waals surface area (Å²) >= 11 is 0. The third-order valence-corrected chi connectivity index (χ3v) is 2.89. The molecule has 0 aliphatic heterocycles. The van der Waals surface area contributed by atoms with E-state index in [2.05, 4.69) is 36.0 Å². The lowest BCUT2D eigenvalue weighted by Gasteiger charge is -2.17. The molecule has 1 rings (SSSR count). The Labute approximate surface area is 96.8 Å². The molecular formula is C13H19NO2. The Kier molecular flexibility index (Phi) is 4.50. The quantitative estimate of drug-likeness (QED) is 0.791. The second-order valence-electron chi connectivity index (χ2n) is 3.97. The van der Waals surface area contributed by atoms with Crippen LogP contribution >= 0.6 is 0 Å². The van der Waals surface area contributed by atoms with E-state index in [-0.39, 0.29) is 18.6 Å². The van der Waals surface area contributed by atoms with Crippen LogP contribution in [0.5, 0.6) is 0 Å². The lowest BCUT2D eigenvalue weighted by atomic mass is 9.98. The summed E-state index contributed by atoms with van der Waals surface area (Å²) in [5.74, 6) is -0.239. The Hall–Kier alpha value is -1.35. The fourth-order valence-corrected chi connectivity index (χ4v) is 1.66. The SMILES string of the molecule is COC(=O)CN[C@@H](C)c1cccc(C)c1C. The van der Waals surface area contributed by atoms with Crippen molar-refractivity contribution in [2.75, 3.05) is 13.7 Å². The third-order valence-electron chi connectivity index (χ3n) is 2.89. The summed E-state index contributed by atoms with van der Waals surface area (Å²) in [7, 11) is 1.40. The number of methoxy groups -OCH3 is 1. The Morgan fingerprint density at radius 2 is 2.12 bits per heavy atom. The summed E-state index contributed by atoms with van der Waals surface area (Å²) in [6.45, 7) is 6.47. The molecule has 0 bridgehead atoms. The molecule has 3 nitrogen and oxygen atoms in total. The van der Waals surface area contributed by atoms with Gasteiger partial charge in [-0.15, -0.1) is 0 Å². The largest absolute Gasteiger partial charge is 0.468 e. The maximum Gasteiger partial charge on any atom is 0.319 e. The Morgan fingerprint density at radius 1 is 1.44 bits per heavy atom. The predicted molar refractivity (Wildman–Crippen MR) is 64.3 cm³/mol. The zero-order chi connectivity index (χ0) is 12.1. The van der Waals surface area contributed by atoms with E-state index in [1.165, 1.54) is 23.8 Å². The van der Waals surface area contributed by atoms with Gasteiger partial charge in [0.1, 0.15) is 0 Å². The van der Waals surface area contributed by atoms with Crippen LogP contribution in [-0.2, 0) is 9.53 Å². The number of benzene rings is 1. The monoisotopic (exact) mass is 221 g/mol. The van der Waals surface area contributed by atoms with Gasteiger partial charge >= 0.3 is 5.97 Å². The standard InChI is InChI=1S/C13H19NO2/c1-9-6-5-7-12(10(9)2)11(3)14-8-13(15)16-4/h5-7,11,14H,8H2,1-4H3/t11-/m0/s1. The van der Waals surface area contributed by atoms with E-state index in [0.29, 0.717) is 0 Å². The van der Waals surface area contributed by atoms with Gasteiger partial charge < -0.3 is 10.1 Å². The van der Waals surface area contributed by atoms with Crippen LogP contribution in [0, 0.1) is 13.8 Å². The highest BCUT2D eigenvalue weighted by Gasteiger charge is 2.10. The van der Waals surface area contributed by atoms with Gasteiger partial charge in [-0.2, -0.15) is 0 Å². The highest BCUT2D eigenvalue weighted by Crippen LogP contribution is 2.19. The van der Waals surface area contributed by atoms with E-state index < -0.39 is 0 Å². The molecule has 0 aliphatic carbocycles. The fraction of sp³-hybridized carbons (Fsp3) is 0.462. The number of carbonyl (C=O) groups excluding carboxylic acids is 1. The number of esters is 1. The highest BCUT2D eigenvalue weighted by atomic mass is 16.5. The Morgan fingerprint density at radius 3 is 2.75 bits per heavy atom. The summed E-state index contributed by atoms with van der Waals surface area (Å²) < 4.78 is 4.59. The normalized spacial score (nSPS) is 12.2. The molecule has 1 N–H and O–H groups in total. The number of hydrogen-bond acceptors (Lipinski definition) is 3. The van der Waals surface area contributed by atoms with Crippen LogP contribution in [0.2, 0.25) is 0 Å². The zero-order valence-corrected chi connectivity index (χ0v) is 10.3. The van der Waals surface area contributed by atoms with E-state index in [9.17, 15) is 4.79 Å². The first kappa shape index (κ1) is 12.7. The second kappa shape index (κ2) is 5.66. The third kappa shape index (κ3) is 3.07. The molecule has 88 valence electrons. The molecule has 1 aromatic rings. The van der Waals surface area contributed by atoms with Crippen LogP contribution < -0.4 is 5.32 Å². The van der Waals surface area contributed by atoms with Crippen molar-refractivity contribution in [1.29, 1.82) is 0 Å². The first-order valence-corrected chi connectivity index (χ1v) is 5.42. The Bertz CT molecular complexity index is 374. The highest BCUT2D eigenvalue weighted by molar-refractivity contribution is 5.71. The molecule has 0 fully saturated rings. The summed E-state index contributed by atoms with van der Waals surface area (Å²) in [6, 6.07) is 6.36. The van der Waals surface area contributed by atoms with Gasteiger partial charge in [0, 0.05) is 6.04 Å². The molecule has 1 aromatic carbocycles. The van der Waals surface area contributed by atoms with E-state index in [4.69, 9.17) is 0 Å². The van der Waals surface area contributed by atoms with Gasteiger partial charge in [-0.05, 0) is 37.5 Å². The molecule has 3 heteroatoms. The lowest BCUT2D eigenvalue weighted by Crippen LogP contribution is -2.27. The van der Waals surface area contributed by atoms with Gasteiger partial charge in [-0.25, -0.2) is 0 Å². The summed E-state index contributed by atoms with van der Waals surface area (Å²) in [4.78, 5) is 11.0. The maximum atomic E-state index is 11.0. The van der Waals surface area contributed by atoms with Gasteiger partial charge in [-0.3, -0.25) is 4.79 Å². The van der Waals surface area contributed by atoms with Crippen molar-refractivity contribution in [3.8, 4) is 0 Å². The van der Waals surface area contributed by atoms with Crippen molar-refractivity contribution in [3.63, 3.8) is 0 Å². The molecule has 0 unspecified atom stereocenters. The number of hydrogen-bond donors (Lipinski definition) is 1. The molecule has 0 heterocycles. The van der Waals surface area contributed by atoms with Crippen LogP contribution in [0.3, 0.4) is 0 Å². The van der Waals surface area contributed by atoms with Gasteiger partial charge in [0.05, 0.1) is 13.7 Å². The molecule has 0 radical (unpaired) electrons. The van der Waals surface area contributed by atoms with Crippen LogP contribution in [0.4, 0.5) is 0 Å². The van der Waals surface area contributed by atoms with Crippen LogP contribution in [0.1, 0.15) is 29.7 Å². The molecule has 0 saturated heterocycles. The second-order valence-corrected chi connectivity index (χ2v) is 3.97. The average molecular weight is 221 g/mol. The average Bonchev–Trinajstić information content (AvgIpc) is 2.29. The molecule has 0 spiro atoms. The van der Waals surface area contributed by atoms with E-state index in [1.54, 1.807) is 0 Å². The van der Waals surface area contributed by atoms with Crippen molar-refractivity contribution >= 4 is 5.97 Å².